The monoisotopic (exact) mass is 509 g/mol. The predicted octanol–water partition coefficient (Wildman–Crippen LogP) is 4.86. The van der Waals surface area contributed by atoms with Gasteiger partial charge in [-0.1, -0.05) is 15.9 Å². The molecule has 2 saturated heterocycles. The largest absolute Gasteiger partial charge is 0.465 e. The first-order valence-electron chi connectivity index (χ1n) is 12.0. The molecule has 7 heteroatoms. The number of benzene rings is 1. The molecule has 1 aromatic carbocycles. The molecule has 2 aliphatic heterocycles. The zero-order chi connectivity index (χ0) is 23.1. The van der Waals surface area contributed by atoms with Crippen LogP contribution >= 0.6 is 15.9 Å². The molecule has 180 valence electrons. The standard InChI is InChI=1S/C25H40BrN3O3/c1-19(31-4)32-23-7-8-24(26)22(17-23)16-21-9-13-28(18-21)12-5-6-20-10-14-29(15-11-20)25(30)27(2)3/h7-8,17,19-21H,5-6,9-16,18H2,1-4H3. The van der Waals surface area contributed by atoms with Crippen LogP contribution in [0.4, 0.5) is 4.79 Å². The van der Waals surface area contributed by atoms with Crippen LogP contribution < -0.4 is 4.74 Å². The second kappa shape index (κ2) is 12.2. The number of urea groups is 1. The van der Waals surface area contributed by atoms with E-state index in [1.165, 1.54) is 44.5 Å². The highest BCUT2D eigenvalue weighted by molar-refractivity contribution is 9.10. The fourth-order valence-electron chi connectivity index (χ4n) is 4.91. The molecule has 2 aliphatic rings. The molecule has 0 N–H and O–H groups in total. The molecule has 0 aliphatic carbocycles. The van der Waals surface area contributed by atoms with E-state index in [-0.39, 0.29) is 12.3 Å². The Hall–Kier alpha value is -1.31. The molecule has 2 amide bonds. The molecule has 0 spiro atoms. The van der Waals surface area contributed by atoms with Crippen LogP contribution in [0.3, 0.4) is 0 Å². The summed E-state index contributed by atoms with van der Waals surface area (Å²) in [7, 11) is 5.33. The van der Waals surface area contributed by atoms with E-state index in [1.807, 2.05) is 32.0 Å². The maximum atomic E-state index is 12.1. The van der Waals surface area contributed by atoms with Gasteiger partial charge in [0.05, 0.1) is 0 Å². The average Bonchev–Trinajstić information content (AvgIpc) is 3.23. The second-order valence-electron chi connectivity index (χ2n) is 9.58. The van der Waals surface area contributed by atoms with Crippen LogP contribution in [0.2, 0.25) is 0 Å². The molecule has 0 aromatic heterocycles. The van der Waals surface area contributed by atoms with Gasteiger partial charge in [-0.3, -0.25) is 0 Å². The Morgan fingerprint density at radius 2 is 1.91 bits per heavy atom. The van der Waals surface area contributed by atoms with Crippen molar-refractivity contribution >= 4 is 22.0 Å². The Morgan fingerprint density at radius 3 is 2.59 bits per heavy atom. The highest BCUT2D eigenvalue weighted by Gasteiger charge is 2.25. The fourth-order valence-corrected chi connectivity index (χ4v) is 5.32. The highest BCUT2D eigenvalue weighted by Crippen LogP contribution is 2.29. The van der Waals surface area contributed by atoms with Gasteiger partial charge in [0, 0.05) is 45.3 Å². The molecule has 2 unspecified atom stereocenters. The number of amides is 2. The number of nitrogens with zero attached hydrogens (tertiary/aromatic N) is 3. The number of piperidine rings is 1. The summed E-state index contributed by atoms with van der Waals surface area (Å²) in [5.41, 5.74) is 1.32. The van der Waals surface area contributed by atoms with Gasteiger partial charge in [-0.05, 0) is 94.1 Å². The molecular formula is C25H40BrN3O3. The van der Waals surface area contributed by atoms with E-state index in [0.717, 1.165) is 48.5 Å². The first kappa shape index (κ1) is 25.3. The zero-order valence-corrected chi connectivity index (χ0v) is 21.8. The normalized spacial score (nSPS) is 21.0. The van der Waals surface area contributed by atoms with Crippen LogP contribution in [-0.2, 0) is 11.2 Å². The highest BCUT2D eigenvalue weighted by atomic mass is 79.9. The van der Waals surface area contributed by atoms with E-state index >= 15 is 0 Å². The van der Waals surface area contributed by atoms with Crippen LogP contribution in [-0.4, -0.2) is 80.9 Å². The molecule has 3 rings (SSSR count). The minimum atomic E-state index is -0.244. The van der Waals surface area contributed by atoms with Crippen molar-refractivity contribution in [2.24, 2.45) is 11.8 Å². The number of carbonyl (C=O) groups is 1. The van der Waals surface area contributed by atoms with Crippen LogP contribution in [0.1, 0.15) is 44.6 Å². The third-order valence-electron chi connectivity index (χ3n) is 6.88. The summed E-state index contributed by atoms with van der Waals surface area (Å²) in [6.45, 7) is 7.31. The van der Waals surface area contributed by atoms with Gasteiger partial charge < -0.3 is 24.2 Å². The number of carbonyl (C=O) groups excluding carboxylic acids is 1. The van der Waals surface area contributed by atoms with Gasteiger partial charge in [-0.15, -0.1) is 0 Å². The minimum Gasteiger partial charge on any atom is -0.465 e. The molecule has 2 atom stereocenters. The maximum absolute atomic E-state index is 12.1. The zero-order valence-electron chi connectivity index (χ0n) is 20.2. The molecule has 0 bridgehead atoms. The summed E-state index contributed by atoms with van der Waals surface area (Å²) in [6.07, 6.45) is 6.94. The summed E-state index contributed by atoms with van der Waals surface area (Å²) in [6, 6.07) is 6.38. The Balaban J connectivity index is 1.37. The lowest BCUT2D eigenvalue weighted by Crippen LogP contribution is -2.43. The third kappa shape index (κ3) is 7.35. The number of halogens is 1. The van der Waals surface area contributed by atoms with Gasteiger partial charge in [0.1, 0.15) is 5.75 Å². The summed E-state index contributed by atoms with van der Waals surface area (Å²) in [5, 5.41) is 0. The van der Waals surface area contributed by atoms with E-state index in [4.69, 9.17) is 9.47 Å². The van der Waals surface area contributed by atoms with Crippen molar-refractivity contribution in [2.75, 3.05) is 53.9 Å². The lowest BCUT2D eigenvalue weighted by Gasteiger charge is -2.33. The van der Waals surface area contributed by atoms with Gasteiger partial charge in [-0.25, -0.2) is 4.79 Å². The Labute approximate surface area is 202 Å². The average molecular weight is 511 g/mol. The summed E-state index contributed by atoms with van der Waals surface area (Å²) >= 11 is 3.72. The van der Waals surface area contributed by atoms with E-state index < -0.39 is 0 Å². The number of likely N-dealkylation sites (tertiary alicyclic amines) is 2. The lowest BCUT2D eigenvalue weighted by molar-refractivity contribution is -0.0383. The van der Waals surface area contributed by atoms with Gasteiger partial charge in [0.25, 0.3) is 0 Å². The molecule has 32 heavy (non-hydrogen) atoms. The van der Waals surface area contributed by atoms with Crippen LogP contribution in [0.15, 0.2) is 22.7 Å². The molecular weight excluding hydrogens is 470 g/mol. The van der Waals surface area contributed by atoms with Gasteiger partial charge in [0.15, 0.2) is 6.29 Å². The van der Waals surface area contributed by atoms with Gasteiger partial charge >= 0.3 is 6.03 Å². The van der Waals surface area contributed by atoms with Gasteiger partial charge in [0.2, 0.25) is 0 Å². The van der Waals surface area contributed by atoms with E-state index in [2.05, 4.69) is 33.0 Å². The summed E-state index contributed by atoms with van der Waals surface area (Å²) in [4.78, 5) is 18.4. The van der Waals surface area contributed by atoms with Crippen LogP contribution in [0.5, 0.6) is 5.75 Å². The number of methoxy groups -OCH3 is 1. The smallest absolute Gasteiger partial charge is 0.319 e. The van der Waals surface area contributed by atoms with Crippen LogP contribution in [0.25, 0.3) is 0 Å². The number of ether oxygens (including phenoxy) is 2. The van der Waals surface area contributed by atoms with Crippen molar-refractivity contribution in [3.8, 4) is 5.75 Å². The Morgan fingerprint density at radius 1 is 1.19 bits per heavy atom. The number of hydrogen-bond donors (Lipinski definition) is 0. The first-order valence-corrected chi connectivity index (χ1v) is 12.8. The van der Waals surface area contributed by atoms with E-state index in [9.17, 15) is 4.79 Å². The molecule has 0 radical (unpaired) electrons. The molecule has 0 saturated carbocycles. The van der Waals surface area contributed by atoms with Crippen molar-refractivity contribution in [3.05, 3.63) is 28.2 Å². The van der Waals surface area contributed by atoms with Crippen molar-refractivity contribution in [1.29, 1.82) is 0 Å². The van der Waals surface area contributed by atoms with Crippen molar-refractivity contribution in [3.63, 3.8) is 0 Å². The molecule has 2 heterocycles. The lowest BCUT2D eigenvalue weighted by atomic mass is 9.92. The predicted molar refractivity (Wildman–Crippen MR) is 132 cm³/mol. The van der Waals surface area contributed by atoms with E-state index in [1.54, 1.807) is 12.0 Å². The second-order valence-corrected chi connectivity index (χ2v) is 10.4. The molecule has 6 nitrogen and oxygen atoms in total. The van der Waals surface area contributed by atoms with Crippen molar-refractivity contribution in [2.45, 2.75) is 51.7 Å². The Bertz CT molecular complexity index is 737. The minimum absolute atomic E-state index is 0.156. The first-order chi connectivity index (χ1) is 15.4. The summed E-state index contributed by atoms with van der Waals surface area (Å²) in [5.74, 6) is 2.33. The number of rotatable bonds is 9. The fraction of sp³-hybridized carbons (Fsp3) is 0.720. The topological polar surface area (TPSA) is 45.3 Å². The van der Waals surface area contributed by atoms with Crippen molar-refractivity contribution in [1.82, 2.24) is 14.7 Å². The van der Waals surface area contributed by atoms with Crippen LogP contribution in [0, 0.1) is 11.8 Å². The Kier molecular flexibility index (Phi) is 9.68. The summed E-state index contributed by atoms with van der Waals surface area (Å²) < 4.78 is 12.2. The molecule has 2 fully saturated rings. The molecule has 1 aromatic rings. The van der Waals surface area contributed by atoms with Crippen molar-refractivity contribution < 1.29 is 14.3 Å². The third-order valence-corrected chi connectivity index (χ3v) is 7.66. The maximum Gasteiger partial charge on any atom is 0.319 e. The quantitative estimate of drug-likeness (QED) is 0.446. The number of hydrogen-bond acceptors (Lipinski definition) is 4. The van der Waals surface area contributed by atoms with Gasteiger partial charge in [-0.2, -0.15) is 0 Å². The SMILES string of the molecule is COC(C)Oc1ccc(Br)c(CC2CCN(CCCC3CCN(C(=O)N(C)C)CC3)C2)c1. The van der Waals surface area contributed by atoms with E-state index in [0.29, 0.717) is 5.92 Å².